The van der Waals surface area contributed by atoms with Crippen LogP contribution >= 0.6 is 0 Å². The van der Waals surface area contributed by atoms with Crippen molar-refractivity contribution >= 4 is 53.2 Å². The fourth-order valence-corrected chi connectivity index (χ4v) is 4.91. The first-order valence-corrected chi connectivity index (χ1v) is 20.5. The number of phenolic OH excluding ortho intramolecular Hbond substituents is 1. The number of nitrogens with one attached hydrogen (secondary N) is 3. The zero-order valence-electron chi connectivity index (χ0n) is 36.5. The summed E-state index contributed by atoms with van der Waals surface area (Å²) in [6, 6.07) is 19.7. The number of nitrogens with zero attached hydrogens (tertiary/aromatic N) is 2. The second-order valence-electron chi connectivity index (χ2n) is 14.2. The maximum atomic E-state index is 12.0. The molecule has 0 atom stereocenters. The van der Waals surface area contributed by atoms with E-state index in [9.17, 15) is 33.6 Å². The SMILES string of the molecule is C=C(C)C(=O)Cc1ccc(OC(=O)NCCCCCCCC(=O)Oc2ccc(NC(=O)C(=C)C)cc2)cc1.C=C(C)C(=O)Nc1ccc(O)cc1.O=C=NCCCCCCN=C=O. The number of unbranched alkanes of at least 4 members (excludes halogenated alkanes) is 7. The number of hydrogen-bond donors (Lipinski definition) is 4. The lowest BCUT2D eigenvalue weighted by molar-refractivity contribution is -0.134. The van der Waals surface area contributed by atoms with Gasteiger partial charge in [0.05, 0.1) is 13.1 Å². The molecule has 63 heavy (non-hydrogen) atoms. The molecule has 0 fully saturated rings. The molecule has 3 rings (SSSR count). The molecule has 3 aromatic carbocycles. The molecular formula is C48H59N5O10. The van der Waals surface area contributed by atoms with Gasteiger partial charge in [0.2, 0.25) is 12.2 Å². The highest BCUT2D eigenvalue weighted by atomic mass is 16.6. The topological polar surface area (TPSA) is 219 Å². The molecule has 0 aliphatic heterocycles. The zero-order chi connectivity index (χ0) is 46.8. The van der Waals surface area contributed by atoms with Gasteiger partial charge in [-0.3, -0.25) is 19.2 Å². The normalized spacial score (nSPS) is 9.70. The van der Waals surface area contributed by atoms with E-state index in [0.29, 0.717) is 65.6 Å². The predicted octanol–water partition coefficient (Wildman–Crippen LogP) is 9.05. The molecule has 15 heteroatoms. The monoisotopic (exact) mass is 865 g/mol. The first-order chi connectivity index (χ1) is 30.1. The number of esters is 1. The number of carbonyl (C=O) groups is 5. The van der Waals surface area contributed by atoms with Gasteiger partial charge in [0, 0.05) is 41.9 Å². The van der Waals surface area contributed by atoms with Gasteiger partial charge >= 0.3 is 12.1 Å². The molecule has 3 amide bonds. The highest BCUT2D eigenvalue weighted by Gasteiger charge is 2.09. The number of isocyanates is 2. The molecule has 0 spiro atoms. The lowest BCUT2D eigenvalue weighted by atomic mass is 10.1. The number of phenols is 1. The van der Waals surface area contributed by atoms with E-state index in [0.717, 1.165) is 63.4 Å². The standard InChI is InChI=1S/C30H36N2O6.C10H11NO2.C8H12N2O2/c1-21(2)27(33)20-23-11-15-26(16-12-23)38-30(36)31-19-9-7-5-6-8-10-28(34)37-25-17-13-24(14-18-25)32-29(35)22(3)4;1-7(2)10(13)11-8-3-5-9(12)6-4-8;11-7-9-5-3-1-2-4-6-10-8-12/h11-18H,1,3,5-10,19-20H2,2,4H3,(H,31,36)(H,32,35);3-6,12H,1H2,2H3,(H,11,13);1-6H2. The lowest BCUT2D eigenvalue weighted by Crippen LogP contribution is -2.27. The predicted molar refractivity (Wildman–Crippen MR) is 243 cm³/mol. The van der Waals surface area contributed by atoms with Crippen molar-refractivity contribution in [1.82, 2.24) is 5.32 Å². The van der Waals surface area contributed by atoms with Crippen LogP contribution in [0.3, 0.4) is 0 Å². The molecule has 0 heterocycles. The minimum absolute atomic E-state index is 0.0225. The van der Waals surface area contributed by atoms with Crippen LogP contribution in [0.4, 0.5) is 16.2 Å². The van der Waals surface area contributed by atoms with Gasteiger partial charge in [-0.1, -0.05) is 64.0 Å². The largest absolute Gasteiger partial charge is 0.508 e. The van der Waals surface area contributed by atoms with Crippen LogP contribution in [0.1, 0.15) is 90.5 Å². The van der Waals surface area contributed by atoms with E-state index in [4.69, 9.17) is 14.6 Å². The summed E-state index contributed by atoms with van der Waals surface area (Å²) in [6.07, 6.45) is 11.1. The Balaban J connectivity index is 0.000000641. The molecule has 15 nitrogen and oxygen atoms in total. The van der Waals surface area contributed by atoms with E-state index in [-0.39, 0.29) is 35.7 Å². The third-order valence-electron chi connectivity index (χ3n) is 8.46. The Kier molecular flexibility index (Phi) is 27.8. The van der Waals surface area contributed by atoms with Crippen LogP contribution in [-0.2, 0) is 35.2 Å². The Labute approximate surface area is 369 Å². The van der Waals surface area contributed by atoms with Crippen molar-refractivity contribution in [2.24, 2.45) is 9.98 Å². The number of carbonyl (C=O) groups excluding carboxylic acids is 7. The van der Waals surface area contributed by atoms with Crippen LogP contribution < -0.4 is 25.4 Å². The Morgan fingerprint density at radius 1 is 0.587 bits per heavy atom. The summed E-state index contributed by atoms with van der Waals surface area (Å²) in [7, 11) is 0. The Morgan fingerprint density at radius 2 is 1.03 bits per heavy atom. The van der Waals surface area contributed by atoms with Gasteiger partial charge in [-0.05, 0) is 118 Å². The highest BCUT2D eigenvalue weighted by Crippen LogP contribution is 2.18. The van der Waals surface area contributed by atoms with Crippen molar-refractivity contribution in [1.29, 1.82) is 0 Å². The minimum Gasteiger partial charge on any atom is -0.508 e. The van der Waals surface area contributed by atoms with Gasteiger partial charge in [-0.15, -0.1) is 0 Å². The molecule has 0 aliphatic rings. The smallest absolute Gasteiger partial charge is 0.412 e. The van der Waals surface area contributed by atoms with Crippen LogP contribution in [0.5, 0.6) is 17.2 Å². The maximum absolute atomic E-state index is 12.0. The molecule has 0 saturated heterocycles. The van der Waals surface area contributed by atoms with Crippen LogP contribution in [0.25, 0.3) is 0 Å². The van der Waals surface area contributed by atoms with E-state index in [2.05, 4.69) is 45.7 Å². The number of rotatable bonds is 24. The van der Waals surface area contributed by atoms with Crippen molar-refractivity contribution in [2.45, 2.75) is 91.4 Å². The van der Waals surface area contributed by atoms with Crippen molar-refractivity contribution in [2.75, 3.05) is 30.3 Å². The third kappa shape index (κ3) is 27.3. The van der Waals surface area contributed by atoms with Gasteiger partial charge in [0.1, 0.15) is 17.2 Å². The third-order valence-corrected chi connectivity index (χ3v) is 8.46. The summed E-state index contributed by atoms with van der Waals surface area (Å²) in [5, 5.41) is 17.0. The van der Waals surface area contributed by atoms with Crippen molar-refractivity contribution < 1.29 is 48.1 Å². The van der Waals surface area contributed by atoms with Crippen LogP contribution in [-0.4, -0.2) is 66.6 Å². The van der Waals surface area contributed by atoms with Gasteiger partial charge in [-0.25, -0.2) is 24.4 Å². The Hall–Kier alpha value is -7.21. The summed E-state index contributed by atoms with van der Waals surface area (Å²) in [6.45, 7) is 17.3. The maximum Gasteiger partial charge on any atom is 0.412 e. The number of anilines is 2. The van der Waals surface area contributed by atoms with Gasteiger partial charge in [0.25, 0.3) is 11.8 Å². The number of amides is 3. The first-order valence-electron chi connectivity index (χ1n) is 20.5. The van der Waals surface area contributed by atoms with Crippen molar-refractivity contribution in [3.63, 3.8) is 0 Å². The van der Waals surface area contributed by atoms with E-state index < -0.39 is 6.09 Å². The van der Waals surface area contributed by atoms with E-state index in [1.807, 2.05) is 0 Å². The van der Waals surface area contributed by atoms with Crippen LogP contribution in [0.15, 0.2) is 119 Å². The van der Waals surface area contributed by atoms with Crippen LogP contribution in [0.2, 0.25) is 0 Å². The van der Waals surface area contributed by atoms with Gasteiger partial charge in [0.15, 0.2) is 5.78 Å². The number of allylic oxidation sites excluding steroid dienone is 1. The van der Waals surface area contributed by atoms with Gasteiger partial charge < -0.3 is 30.5 Å². The Morgan fingerprint density at radius 3 is 1.52 bits per heavy atom. The van der Waals surface area contributed by atoms with E-state index in [1.165, 1.54) is 24.3 Å². The van der Waals surface area contributed by atoms with E-state index >= 15 is 0 Å². The summed E-state index contributed by atoms with van der Waals surface area (Å²) >= 11 is 0. The quantitative estimate of drug-likeness (QED) is 0.0127. The van der Waals surface area contributed by atoms with Crippen LogP contribution in [0, 0.1) is 0 Å². The molecule has 0 saturated carbocycles. The van der Waals surface area contributed by atoms with Gasteiger partial charge in [-0.2, -0.15) is 0 Å². The summed E-state index contributed by atoms with van der Waals surface area (Å²) in [5.41, 5.74) is 3.45. The molecular weight excluding hydrogens is 807 g/mol. The molecule has 0 aliphatic carbocycles. The fraction of sp³-hybridized carbons (Fsp3) is 0.354. The fourth-order valence-electron chi connectivity index (χ4n) is 4.91. The molecule has 336 valence electrons. The number of ether oxygens (including phenoxy) is 2. The minimum atomic E-state index is -0.523. The molecule has 4 N–H and O–H groups in total. The number of aliphatic imine (C=N–C) groups is 2. The second-order valence-corrected chi connectivity index (χ2v) is 14.2. The zero-order valence-corrected chi connectivity index (χ0v) is 36.5. The lowest BCUT2D eigenvalue weighted by Gasteiger charge is -2.08. The van der Waals surface area contributed by atoms with E-state index in [1.54, 1.807) is 81.4 Å². The van der Waals surface area contributed by atoms with Crippen molar-refractivity contribution in [3.05, 3.63) is 115 Å². The molecule has 0 unspecified atom stereocenters. The molecule has 3 aromatic rings. The summed E-state index contributed by atoms with van der Waals surface area (Å²) in [5.74, 6) is 0.205. The first kappa shape index (κ1) is 53.8. The Bertz CT molecular complexity index is 1940. The molecule has 0 bridgehead atoms. The average molecular weight is 866 g/mol. The highest BCUT2D eigenvalue weighted by molar-refractivity contribution is 6.03. The second kappa shape index (κ2) is 32.5. The average Bonchev–Trinajstić information content (AvgIpc) is 3.25. The summed E-state index contributed by atoms with van der Waals surface area (Å²) < 4.78 is 10.6. The number of hydrogen-bond acceptors (Lipinski definition) is 12. The number of benzene rings is 3. The van der Waals surface area contributed by atoms with Crippen molar-refractivity contribution in [3.8, 4) is 17.2 Å². The number of aromatic hydroxyl groups is 1. The summed E-state index contributed by atoms with van der Waals surface area (Å²) in [4.78, 5) is 84.5. The molecule has 0 radical (unpaired) electrons. The molecule has 0 aromatic heterocycles. The number of Topliss-reactive ketones (excluding diaryl/α,β-unsaturated/α-hetero) is 1. The number of ketones is 1.